The molecule has 1 aromatic heterocycles. The normalized spacial score (nSPS) is 11.4. The molecule has 0 aliphatic carbocycles. The van der Waals surface area contributed by atoms with Gasteiger partial charge in [-0.05, 0) is 27.7 Å². The van der Waals surface area contributed by atoms with E-state index in [0.717, 1.165) is 0 Å². The molecule has 0 aromatic carbocycles. The van der Waals surface area contributed by atoms with Crippen molar-refractivity contribution in [2.24, 2.45) is 0 Å². The van der Waals surface area contributed by atoms with Crippen LogP contribution in [0.1, 0.15) is 32.0 Å². The molecule has 0 aliphatic heterocycles. The molecule has 3 nitrogen and oxygen atoms in total. The van der Waals surface area contributed by atoms with Crippen LogP contribution in [-0.2, 0) is 5.54 Å². The summed E-state index contributed by atoms with van der Waals surface area (Å²) in [5, 5.41) is 12.5. The molecule has 0 amide bonds. The summed E-state index contributed by atoms with van der Waals surface area (Å²) in [6, 6.07) is 1.95. The molecule has 1 aromatic rings. The molecule has 13 heavy (non-hydrogen) atoms. The number of hydrogen-bond acceptors (Lipinski definition) is 2. The average Bonchev–Trinajstić information content (AvgIpc) is 2.28. The van der Waals surface area contributed by atoms with Gasteiger partial charge >= 0.3 is 0 Å². The average molecular weight is 181 g/mol. The molecule has 0 spiro atoms. The lowest BCUT2D eigenvalue weighted by atomic mass is 10.1. The Morgan fingerprint density at radius 1 is 1.46 bits per heavy atom. The molecule has 0 saturated heterocycles. The van der Waals surface area contributed by atoms with E-state index in [1.165, 1.54) is 4.68 Å². The molecular formula is C9H12FN3. The van der Waals surface area contributed by atoms with E-state index in [1.807, 2.05) is 26.8 Å². The van der Waals surface area contributed by atoms with Crippen molar-refractivity contribution >= 4 is 0 Å². The van der Waals surface area contributed by atoms with Gasteiger partial charge in [0.15, 0.2) is 0 Å². The maximum Gasteiger partial charge on any atom is 0.236 e. The highest BCUT2D eigenvalue weighted by molar-refractivity contribution is 5.30. The quantitative estimate of drug-likeness (QED) is 0.614. The highest BCUT2D eigenvalue weighted by Gasteiger charge is 2.22. The largest absolute Gasteiger partial charge is 0.246 e. The Labute approximate surface area is 76.8 Å². The first-order valence-electron chi connectivity index (χ1n) is 4.03. The fourth-order valence-corrected chi connectivity index (χ4v) is 1.09. The number of rotatable bonds is 0. The van der Waals surface area contributed by atoms with E-state index < -0.39 is 5.95 Å². The predicted octanol–water partition coefficient (Wildman–Crippen LogP) is 1.96. The number of hydrogen-bond donors (Lipinski definition) is 0. The summed E-state index contributed by atoms with van der Waals surface area (Å²) in [7, 11) is 0. The summed E-state index contributed by atoms with van der Waals surface area (Å²) in [6.07, 6.45) is 0. The molecule has 0 unspecified atom stereocenters. The predicted molar refractivity (Wildman–Crippen MR) is 46.6 cm³/mol. The van der Waals surface area contributed by atoms with Crippen molar-refractivity contribution in [3.63, 3.8) is 0 Å². The van der Waals surface area contributed by atoms with Gasteiger partial charge in [0.1, 0.15) is 11.8 Å². The fourth-order valence-electron chi connectivity index (χ4n) is 1.09. The van der Waals surface area contributed by atoms with Crippen molar-refractivity contribution < 1.29 is 4.39 Å². The Bertz CT molecular complexity index is 365. The minimum atomic E-state index is -0.563. The van der Waals surface area contributed by atoms with Gasteiger partial charge in [0.25, 0.3) is 0 Å². The van der Waals surface area contributed by atoms with E-state index in [-0.39, 0.29) is 5.54 Å². The SMILES string of the molecule is Cc1c(F)nn(C(C)(C)C)c1C#N. The second-order valence-electron chi connectivity index (χ2n) is 3.96. The first-order valence-corrected chi connectivity index (χ1v) is 4.03. The lowest BCUT2D eigenvalue weighted by Gasteiger charge is -2.19. The minimum absolute atomic E-state index is 0.296. The van der Waals surface area contributed by atoms with Crippen LogP contribution in [0.5, 0.6) is 0 Å². The van der Waals surface area contributed by atoms with Gasteiger partial charge in [0, 0.05) is 5.56 Å². The summed E-state index contributed by atoms with van der Waals surface area (Å²) >= 11 is 0. The van der Waals surface area contributed by atoms with Gasteiger partial charge < -0.3 is 0 Å². The van der Waals surface area contributed by atoms with Crippen LogP contribution >= 0.6 is 0 Å². The summed E-state index contributed by atoms with van der Waals surface area (Å²) in [4.78, 5) is 0. The fraction of sp³-hybridized carbons (Fsp3) is 0.556. The van der Waals surface area contributed by atoms with Crippen molar-refractivity contribution in [1.82, 2.24) is 9.78 Å². The maximum atomic E-state index is 13.0. The van der Waals surface area contributed by atoms with Gasteiger partial charge in [-0.25, -0.2) is 4.68 Å². The van der Waals surface area contributed by atoms with Gasteiger partial charge in [-0.2, -0.15) is 9.65 Å². The molecule has 0 atom stereocenters. The first kappa shape index (κ1) is 9.72. The van der Waals surface area contributed by atoms with Crippen molar-refractivity contribution in [3.8, 4) is 6.07 Å². The van der Waals surface area contributed by atoms with Crippen LogP contribution in [0.4, 0.5) is 4.39 Å². The van der Waals surface area contributed by atoms with Crippen LogP contribution < -0.4 is 0 Å². The zero-order chi connectivity index (χ0) is 10.2. The topological polar surface area (TPSA) is 41.6 Å². The Morgan fingerprint density at radius 3 is 2.31 bits per heavy atom. The van der Waals surface area contributed by atoms with E-state index in [0.29, 0.717) is 11.3 Å². The zero-order valence-corrected chi connectivity index (χ0v) is 8.22. The first-order chi connectivity index (χ1) is 5.88. The maximum absolute atomic E-state index is 13.0. The van der Waals surface area contributed by atoms with Crippen LogP contribution in [0.15, 0.2) is 0 Å². The molecule has 1 rings (SSSR count). The molecule has 70 valence electrons. The molecule has 0 N–H and O–H groups in total. The highest BCUT2D eigenvalue weighted by Crippen LogP contribution is 2.19. The smallest absolute Gasteiger partial charge is 0.236 e. The minimum Gasteiger partial charge on any atom is -0.246 e. The molecule has 4 heteroatoms. The van der Waals surface area contributed by atoms with Gasteiger partial charge in [-0.3, -0.25) is 0 Å². The third kappa shape index (κ3) is 1.55. The van der Waals surface area contributed by atoms with E-state index >= 15 is 0 Å². The Morgan fingerprint density at radius 2 is 2.00 bits per heavy atom. The van der Waals surface area contributed by atoms with Crippen LogP contribution in [0.2, 0.25) is 0 Å². The van der Waals surface area contributed by atoms with Gasteiger partial charge in [-0.1, -0.05) is 0 Å². The van der Waals surface area contributed by atoms with Gasteiger partial charge in [0.2, 0.25) is 5.95 Å². The van der Waals surface area contributed by atoms with E-state index in [2.05, 4.69) is 5.10 Å². The Balaban J connectivity index is 3.41. The van der Waals surface area contributed by atoms with Crippen molar-refractivity contribution in [3.05, 3.63) is 17.2 Å². The monoisotopic (exact) mass is 181 g/mol. The van der Waals surface area contributed by atoms with Gasteiger partial charge in [-0.15, -0.1) is 5.10 Å². The van der Waals surface area contributed by atoms with Crippen LogP contribution in [-0.4, -0.2) is 9.78 Å². The lowest BCUT2D eigenvalue weighted by Crippen LogP contribution is -2.24. The Hall–Kier alpha value is -1.37. The van der Waals surface area contributed by atoms with E-state index in [1.54, 1.807) is 6.92 Å². The standard InChI is InChI=1S/C9H12FN3/c1-6-7(5-11)13(9(2,3)4)12-8(6)10/h1-4H3. The number of nitriles is 1. The van der Waals surface area contributed by atoms with Crippen LogP contribution in [0.25, 0.3) is 0 Å². The molecule has 0 radical (unpaired) electrons. The highest BCUT2D eigenvalue weighted by atomic mass is 19.1. The molecule has 0 saturated carbocycles. The molecule has 0 aliphatic rings. The number of aromatic nitrogens is 2. The third-order valence-electron chi connectivity index (χ3n) is 1.81. The molecule has 1 heterocycles. The van der Waals surface area contributed by atoms with Crippen molar-refractivity contribution in [1.29, 1.82) is 5.26 Å². The second kappa shape index (κ2) is 2.84. The molecule has 0 bridgehead atoms. The second-order valence-corrected chi connectivity index (χ2v) is 3.96. The molecule has 0 fully saturated rings. The summed E-state index contributed by atoms with van der Waals surface area (Å²) in [5.41, 5.74) is 0.252. The van der Waals surface area contributed by atoms with E-state index in [9.17, 15) is 4.39 Å². The van der Waals surface area contributed by atoms with Gasteiger partial charge in [0.05, 0.1) is 5.54 Å². The number of nitrogens with zero attached hydrogens (tertiary/aromatic N) is 3. The van der Waals surface area contributed by atoms with Crippen LogP contribution in [0.3, 0.4) is 0 Å². The lowest BCUT2D eigenvalue weighted by molar-refractivity contribution is 0.339. The van der Waals surface area contributed by atoms with E-state index in [4.69, 9.17) is 5.26 Å². The Kier molecular flexibility index (Phi) is 2.12. The summed E-state index contributed by atoms with van der Waals surface area (Å²) in [6.45, 7) is 7.18. The molecular weight excluding hydrogens is 169 g/mol. The van der Waals surface area contributed by atoms with Crippen LogP contribution in [0, 0.1) is 24.2 Å². The van der Waals surface area contributed by atoms with Crippen molar-refractivity contribution in [2.75, 3.05) is 0 Å². The number of halogens is 1. The summed E-state index contributed by atoms with van der Waals surface area (Å²) < 4.78 is 14.4. The summed E-state index contributed by atoms with van der Waals surface area (Å²) in [5.74, 6) is -0.563. The zero-order valence-electron chi connectivity index (χ0n) is 8.22. The van der Waals surface area contributed by atoms with Crippen molar-refractivity contribution in [2.45, 2.75) is 33.2 Å². The third-order valence-corrected chi connectivity index (χ3v) is 1.81.